The molecular weight excluding hydrogens is 368 g/mol. The Balaban J connectivity index is 1.74. The molecule has 8 nitrogen and oxygen atoms in total. The third-order valence-corrected chi connectivity index (χ3v) is 4.80. The van der Waals surface area contributed by atoms with Crippen LogP contribution in [0.25, 0.3) is 22.2 Å². The van der Waals surface area contributed by atoms with E-state index in [9.17, 15) is 4.79 Å². The predicted molar refractivity (Wildman–Crippen MR) is 112 cm³/mol. The standard InChI is InChI=1S/C21H22N6O2/c1-13(2)27-9-5-6-14(21(27)28)11-26-12-17(24-25-26)16-10-19(22)23-20-15(16)7-4-8-18(20)29-3/h4-10,12-13H,11H2,1-3H3,(H2,22,23). The zero-order chi connectivity index (χ0) is 20.5. The lowest BCUT2D eigenvalue weighted by molar-refractivity contribution is 0.419. The number of hydrogen-bond donors (Lipinski definition) is 1. The zero-order valence-electron chi connectivity index (χ0n) is 16.5. The summed E-state index contributed by atoms with van der Waals surface area (Å²) in [6.45, 7) is 4.29. The van der Waals surface area contributed by atoms with Gasteiger partial charge in [-0.3, -0.25) is 4.79 Å². The van der Waals surface area contributed by atoms with Crippen LogP contribution in [-0.2, 0) is 6.54 Å². The van der Waals surface area contributed by atoms with Gasteiger partial charge >= 0.3 is 0 Å². The van der Waals surface area contributed by atoms with E-state index in [1.54, 1.807) is 34.8 Å². The molecule has 1 aromatic carbocycles. The predicted octanol–water partition coefficient (Wildman–Crippen LogP) is 2.87. The van der Waals surface area contributed by atoms with Gasteiger partial charge in [0.05, 0.1) is 19.9 Å². The van der Waals surface area contributed by atoms with Crippen LogP contribution in [0.4, 0.5) is 5.82 Å². The van der Waals surface area contributed by atoms with Gasteiger partial charge in [-0.25, -0.2) is 9.67 Å². The van der Waals surface area contributed by atoms with Gasteiger partial charge in [-0.05, 0) is 32.0 Å². The summed E-state index contributed by atoms with van der Waals surface area (Å²) in [6.07, 6.45) is 3.60. The highest BCUT2D eigenvalue weighted by Gasteiger charge is 2.14. The summed E-state index contributed by atoms with van der Waals surface area (Å²) >= 11 is 0. The molecule has 0 aliphatic carbocycles. The lowest BCUT2D eigenvalue weighted by Crippen LogP contribution is -2.25. The number of benzene rings is 1. The third-order valence-electron chi connectivity index (χ3n) is 4.80. The molecule has 0 atom stereocenters. The van der Waals surface area contributed by atoms with Gasteiger partial charge in [0.15, 0.2) is 0 Å². The average Bonchev–Trinajstić information content (AvgIpc) is 3.16. The Kier molecular flexibility index (Phi) is 4.75. The summed E-state index contributed by atoms with van der Waals surface area (Å²) < 4.78 is 8.76. The fourth-order valence-electron chi connectivity index (χ4n) is 3.38. The number of fused-ring (bicyclic) bond motifs is 1. The summed E-state index contributed by atoms with van der Waals surface area (Å²) in [5.74, 6) is 1.01. The van der Waals surface area contributed by atoms with E-state index in [-0.39, 0.29) is 11.6 Å². The number of aromatic nitrogens is 5. The maximum absolute atomic E-state index is 12.6. The molecule has 4 aromatic rings. The van der Waals surface area contributed by atoms with E-state index < -0.39 is 0 Å². The van der Waals surface area contributed by atoms with Crippen LogP contribution in [0.2, 0.25) is 0 Å². The van der Waals surface area contributed by atoms with Gasteiger partial charge in [-0.15, -0.1) is 5.10 Å². The Labute approximate surface area is 167 Å². The molecule has 29 heavy (non-hydrogen) atoms. The number of anilines is 1. The number of nitrogens with zero attached hydrogens (tertiary/aromatic N) is 5. The van der Waals surface area contributed by atoms with Crippen molar-refractivity contribution < 1.29 is 4.74 Å². The van der Waals surface area contributed by atoms with Gasteiger partial charge in [0, 0.05) is 28.8 Å². The molecule has 0 radical (unpaired) electrons. The molecule has 3 heterocycles. The second-order valence-corrected chi connectivity index (χ2v) is 7.09. The van der Waals surface area contributed by atoms with Crippen molar-refractivity contribution in [2.24, 2.45) is 0 Å². The van der Waals surface area contributed by atoms with E-state index >= 15 is 0 Å². The molecule has 3 aromatic heterocycles. The minimum absolute atomic E-state index is 0.0251. The largest absolute Gasteiger partial charge is 0.494 e. The minimum Gasteiger partial charge on any atom is -0.494 e. The Bertz CT molecular complexity index is 1240. The normalized spacial score (nSPS) is 11.3. The van der Waals surface area contributed by atoms with Crippen molar-refractivity contribution in [3.05, 3.63) is 64.7 Å². The molecule has 0 aliphatic rings. The van der Waals surface area contributed by atoms with Crippen LogP contribution in [0.3, 0.4) is 0 Å². The van der Waals surface area contributed by atoms with Gasteiger partial charge < -0.3 is 15.0 Å². The second kappa shape index (κ2) is 7.38. The van der Waals surface area contributed by atoms with Crippen molar-refractivity contribution in [3.63, 3.8) is 0 Å². The molecule has 148 valence electrons. The Morgan fingerprint density at radius 2 is 2.03 bits per heavy atom. The molecule has 0 saturated carbocycles. The van der Waals surface area contributed by atoms with Crippen molar-refractivity contribution in [1.82, 2.24) is 24.5 Å². The van der Waals surface area contributed by atoms with Crippen LogP contribution < -0.4 is 16.0 Å². The molecule has 0 bridgehead atoms. The summed E-state index contributed by atoms with van der Waals surface area (Å²) in [4.78, 5) is 17.0. The summed E-state index contributed by atoms with van der Waals surface area (Å²) in [5, 5.41) is 9.37. The van der Waals surface area contributed by atoms with Crippen molar-refractivity contribution >= 4 is 16.7 Å². The summed E-state index contributed by atoms with van der Waals surface area (Å²) in [5.41, 5.74) is 8.77. The maximum atomic E-state index is 12.6. The maximum Gasteiger partial charge on any atom is 0.255 e. The van der Waals surface area contributed by atoms with Gasteiger partial charge in [0.2, 0.25) is 0 Å². The van der Waals surface area contributed by atoms with Crippen molar-refractivity contribution in [2.75, 3.05) is 12.8 Å². The highest BCUT2D eigenvalue weighted by atomic mass is 16.5. The number of nitrogens with two attached hydrogens (primary N) is 1. The molecule has 0 aliphatic heterocycles. The molecular formula is C21H22N6O2. The highest BCUT2D eigenvalue weighted by molar-refractivity contribution is 5.97. The van der Waals surface area contributed by atoms with E-state index in [0.29, 0.717) is 34.9 Å². The van der Waals surface area contributed by atoms with Crippen LogP contribution in [-0.4, -0.2) is 31.7 Å². The Hall–Kier alpha value is -3.68. The molecule has 0 spiro atoms. The van der Waals surface area contributed by atoms with E-state index in [1.807, 2.05) is 44.2 Å². The summed E-state index contributed by atoms with van der Waals surface area (Å²) in [6, 6.07) is 11.2. The average molecular weight is 390 g/mol. The fraction of sp³-hybridized carbons (Fsp3) is 0.238. The Morgan fingerprint density at radius 1 is 1.21 bits per heavy atom. The number of nitrogen functional groups attached to an aromatic ring is 1. The van der Waals surface area contributed by atoms with E-state index in [4.69, 9.17) is 10.5 Å². The van der Waals surface area contributed by atoms with Crippen LogP contribution in [0, 0.1) is 0 Å². The number of para-hydroxylation sites is 1. The van der Waals surface area contributed by atoms with Crippen LogP contribution in [0.1, 0.15) is 25.5 Å². The highest BCUT2D eigenvalue weighted by Crippen LogP contribution is 2.32. The fourth-order valence-corrected chi connectivity index (χ4v) is 3.38. The first-order valence-electron chi connectivity index (χ1n) is 9.31. The number of methoxy groups -OCH3 is 1. The zero-order valence-corrected chi connectivity index (χ0v) is 16.5. The van der Waals surface area contributed by atoms with Crippen molar-refractivity contribution in [2.45, 2.75) is 26.4 Å². The summed E-state index contributed by atoms with van der Waals surface area (Å²) in [7, 11) is 1.60. The molecule has 2 N–H and O–H groups in total. The first kappa shape index (κ1) is 18.7. The molecule has 8 heteroatoms. The lowest BCUT2D eigenvalue weighted by Gasteiger charge is -2.11. The van der Waals surface area contributed by atoms with Gasteiger partial charge in [0.1, 0.15) is 22.8 Å². The molecule has 0 saturated heterocycles. The quantitative estimate of drug-likeness (QED) is 0.562. The smallest absolute Gasteiger partial charge is 0.255 e. The van der Waals surface area contributed by atoms with E-state index in [2.05, 4.69) is 15.3 Å². The molecule has 0 unspecified atom stereocenters. The molecule has 0 amide bonds. The van der Waals surface area contributed by atoms with Gasteiger partial charge in [-0.2, -0.15) is 0 Å². The monoisotopic (exact) mass is 390 g/mol. The Morgan fingerprint density at radius 3 is 2.79 bits per heavy atom. The molecule has 0 fully saturated rings. The molecule has 4 rings (SSSR count). The van der Waals surface area contributed by atoms with Crippen LogP contribution >= 0.6 is 0 Å². The lowest BCUT2D eigenvalue weighted by atomic mass is 10.1. The second-order valence-electron chi connectivity index (χ2n) is 7.09. The van der Waals surface area contributed by atoms with Gasteiger partial charge in [-0.1, -0.05) is 23.4 Å². The SMILES string of the molecule is COc1cccc2c(-c3cn(Cc4cccn(C(C)C)c4=O)nn3)cc(N)nc12. The van der Waals surface area contributed by atoms with Crippen LogP contribution in [0.5, 0.6) is 5.75 Å². The van der Waals surface area contributed by atoms with E-state index in [0.717, 1.165) is 10.9 Å². The first-order chi connectivity index (χ1) is 14.0. The van der Waals surface area contributed by atoms with Gasteiger partial charge in [0.25, 0.3) is 5.56 Å². The van der Waals surface area contributed by atoms with E-state index in [1.165, 1.54) is 0 Å². The topological polar surface area (TPSA) is 101 Å². The third kappa shape index (κ3) is 3.44. The number of hydrogen-bond acceptors (Lipinski definition) is 6. The number of pyridine rings is 2. The first-order valence-corrected chi connectivity index (χ1v) is 9.31. The number of rotatable bonds is 5. The van der Waals surface area contributed by atoms with Crippen molar-refractivity contribution in [1.29, 1.82) is 0 Å². The number of ether oxygens (including phenoxy) is 1. The minimum atomic E-state index is -0.0251. The van der Waals surface area contributed by atoms with Crippen molar-refractivity contribution in [3.8, 4) is 17.0 Å². The van der Waals surface area contributed by atoms with Crippen LogP contribution in [0.15, 0.2) is 53.6 Å².